The predicted molar refractivity (Wildman–Crippen MR) is 61.4 cm³/mol. The fourth-order valence-electron chi connectivity index (χ4n) is 1.41. The Morgan fingerprint density at radius 3 is 2.59 bits per heavy atom. The first-order chi connectivity index (χ1) is 8.03. The highest BCUT2D eigenvalue weighted by atomic mass is 19.4. The van der Waals surface area contributed by atoms with Crippen LogP contribution in [0.25, 0.3) is 0 Å². The van der Waals surface area contributed by atoms with Crippen LogP contribution < -0.4 is 10.1 Å². The lowest BCUT2D eigenvalue weighted by Crippen LogP contribution is -2.11. The lowest BCUT2D eigenvalue weighted by atomic mass is 10.2. The molecule has 1 rings (SSSR count). The van der Waals surface area contributed by atoms with Crippen LogP contribution in [0.3, 0.4) is 0 Å². The molecule has 0 bridgehead atoms. The number of anilines is 1. The van der Waals surface area contributed by atoms with Crippen molar-refractivity contribution in [2.45, 2.75) is 25.9 Å². The Morgan fingerprint density at radius 2 is 1.94 bits per heavy atom. The Morgan fingerprint density at radius 1 is 1.24 bits per heavy atom. The van der Waals surface area contributed by atoms with Gasteiger partial charge in [-0.1, -0.05) is 12.1 Å². The van der Waals surface area contributed by atoms with E-state index >= 15 is 0 Å². The number of para-hydroxylation sites is 2. The number of alkyl halides is 3. The van der Waals surface area contributed by atoms with Gasteiger partial charge in [-0.2, -0.15) is 13.2 Å². The minimum absolute atomic E-state index is 0.0595. The van der Waals surface area contributed by atoms with E-state index in [0.29, 0.717) is 12.4 Å². The summed E-state index contributed by atoms with van der Waals surface area (Å²) in [4.78, 5) is 0. The number of nitrogens with one attached hydrogen (secondary N) is 1. The molecule has 0 amide bonds. The Balaban J connectivity index is 2.41. The van der Waals surface area contributed by atoms with Crippen LogP contribution in [0.1, 0.15) is 19.8 Å². The Labute approximate surface area is 98.8 Å². The monoisotopic (exact) mass is 247 g/mol. The lowest BCUT2D eigenvalue weighted by molar-refractivity contribution is -0.134. The van der Waals surface area contributed by atoms with Crippen molar-refractivity contribution < 1.29 is 17.9 Å². The fraction of sp³-hybridized carbons (Fsp3) is 0.500. The van der Waals surface area contributed by atoms with Crippen LogP contribution >= 0.6 is 0 Å². The number of rotatable bonds is 6. The molecule has 0 spiro atoms. The van der Waals surface area contributed by atoms with Crippen LogP contribution in [0.15, 0.2) is 24.3 Å². The highest BCUT2D eigenvalue weighted by molar-refractivity contribution is 5.56. The summed E-state index contributed by atoms with van der Waals surface area (Å²) in [7, 11) is 0. The van der Waals surface area contributed by atoms with E-state index in [-0.39, 0.29) is 13.0 Å². The Hall–Kier alpha value is -1.39. The Kier molecular flexibility index (Phi) is 5.12. The van der Waals surface area contributed by atoms with Gasteiger partial charge in [-0.15, -0.1) is 0 Å². The molecule has 0 radical (unpaired) electrons. The maximum absolute atomic E-state index is 11.9. The van der Waals surface area contributed by atoms with E-state index in [1.165, 1.54) is 0 Å². The van der Waals surface area contributed by atoms with E-state index in [2.05, 4.69) is 5.32 Å². The van der Waals surface area contributed by atoms with Gasteiger partial charge < -0.3 is 10.1 Å². The summed E-state index contributed by atoms with van der Waals surface area (Å²) >= 11 is 0. The van der Waals surface area contributed by atoms with E-state index in [1.54, 1.807) is 12.1 Å². The summed E-state index contributed by atoms with van der Waals surface area (Å²) in [6, 6.07) is 7.22. The van der Waals surface area contributed by atoms with Crippen molar-refractivity contribution in [3.05, 3.63) is 24.3 Å². The summed E-state index contributed by atoms with van der Waals surface area (Å²) in [5.41, 5.74) is 0.733. The zero-order chi connectivity index (χ0) is 12.7. The molecule has 1 N–H and O–H groups in total. The van der Waals surface area contributed by atoms with Crippen molar-refractivity contribution in [1.82, 2.24) is 0 Å². The molecular formula is C12H16F3NO. The van der Waals surface area contributed by atoms with E-state index in [1.807, 2.05) is 19.1 Å². The highest BCUT2D eigenvalue weighted by Crippen LogP contribution is 2.25. The molecule has 5 heteroatoms. The maximum Gasteiger partial charge on any atom is 0.389 e. The van der Waals surface area contributed by atoms with Crippen LogP contribution in [0.4, 0.5) is 18.9 Å². The van der Waals surface area contributed by atoms with Crippen molar-refractivity contribution >= 4 is 5.69 Å². The van der Waals surface area contributed by atoms with Crippen molar-refractivity contribution in [2.75, 3.05) is 18.5 Å². The lowest BCUT2D eigenvalue weighted by Gasteiger charge is -2.12. The van der Waals surface area contributed by atoms with Gasteiger partial charge in [0, 0.05) is 13.0 Å². The molecule has 0 fully saturated rings. The molecule has 0 unspecified atom stereocenters. The fourth-order valence-corrected chi connectivity index (χ4v) is 1.41. The number of benzene rings is 1. The summed E-state index contributed by atoms with van der Waals surface area (Å²) in [6.45, 7) is 2.67. The van der Waals surface area contributed by atoms with Gasteiger partial charge in [-0.3, -0.25) is 0 Å². The van der Waals surface area contributed by atoms with Crippen LogP contribution in [-0.4, -0.2) is 19.3 Å². The minimum atomic E-state index is -4.08. The molecular weight excluding hydrogens is 231 g/mol. The predicted octanol–water partition coefficient (Wildman–Crippen LogP) is 3.84. The quantitative estimate of drug-likeness (QED) is 0.771. The van der Waals surface area contributed by atoms with Crippen molar-refractivity contribution in [2.24, 2.45) is 0 Å². The van der Waals surface area contributed by atoms with Crippen molar-refractivity contribution in [1.29, 1.82) is 0 Å². The van der Waals surface area contributed by atoms with Crippen LogP contribution in [0.2, 0.25) is 0 Å². The highest BCUT2D eigenvalue weighted by Gasteiger charge is 2.25. The largest absolute Gasteiger partial charge is 0.492 e. The Bertz CT molecular complexity index is 339. The first kappa shape index (κ1) is 13.7. The molecule has 1 aromatic carbocycles. The van der Waals surface area contributed by atoms with E-state index in [4.69, 9.17) is 4.74 Å². The molecule has 0 aliphatic heterocycles. The molecule has 17 heavy (non-hydrogen) atoms. The summed E-state index contributed by atoms with van der Waals surface area (Å²) < 4.78 is 41.1. The second kappa shape index (κ2) is 6.37. The van der Waals surface area contributed by atoms with E-state index < -0.39 is 12.6 Å². The molecule has 0 aliphatic rings. The smallest absolute Gasteiger partial charge is 0.389 e. The van der Waals surface area contributed by atoms with Crippen molar-refractivity contribution in [3.63, 3.8) is 0 Å². The molecule has 96 valence electrons. The zero-order valence-electron chi connectivity index (χ0n) is 9.68. The molecule has 0 heterocycles. The normalized spacial score (nSPS) is 11.3. The maximum atomic E-state index is 11.9. The van der Waals surface area contributed by atoms with Gasteiger partial charge in [0.1, 0.15) is 5.75 Å². The summed E-state index contributed by atoms with van der Waals surface area (Å²) in [5.74, 6) is 0.669. The third-order valence-electron chi connectivity index (χ3n) is 2.14. The first-order valence-corrected chi connectivity index (χ1v) is 5.55. The first-order valence-electron chi connectivity index (χ1n) is 5.55. The third kappa shape index (κ3) is 5.47. The van der Waals surface area contributed by atoms with Gasteiger partial charge in [-0.25, -0.2) is 0 Å². The van der Waals surface area contributed by atoms with Gasteiger partial charge in [0.15, 0.2) is 0 Å². The molecule has 1 aromatic rings. The van der Waals surface area contributed by atoms with Gasteiger partial charge in [0.05, 0.1) is 12.3 Å². The standard InChI is InChI=1S/C12H16F3NO/c1-2-17-11-7-4-3-6-10(11)16-9-5-8-12(13,14)15/h3-4,6-7,16H,2,5,8-9H2,1H3. The average Bonchev–Trinajstić information content (AvgIpc) is 2.25. The number of halogens is 3. The van der Waals surface area contributed by atoms with E-state index in [0.717, 1.165) is 5.69 Å². The van der Waals surface area contributed by atoms with E-state index in [9.17, 15) is 13.2 Å². The zero-order valence-corrected chi connectivity index (χ0v) is 9.68. The molecule has 0 aliphatic carbocycles. The number of hydrogen-bond donors (Lipinski definition) is 1. The second-order valence-electron chi connectivity index (χ2n) is 3.57. The average molecular weight is 247 g/mol. The molecule has 0 aromatic heterocycles. The molecule has 0 saturated carbocycles. The summed E-state index contributed by atoms with van der Waals surface area (Å²) in [5, 5.41) is 2.95. The van der Waals surface area contributed by atoms with Gasteiger partial charge in [0.2, 0.25) is 0 Å². The van der Waals surface area contributed by atoms with Crippen LogP contribution in [0.5, 0.6) is 5.75 Å². The topological polar surface area (TPSA) is 21.3 Å². The van der Waals surface area contributed by atoms with Crippen LogP contribution in [-0.2, 0) is 0 Å². The number of ether oxygens (including phenoxy) is 1. The van der Waals surface area contributed by atoms with Gasteiger partial charge in [0.25, 0.3) is 0 Å². The minimum Gasteiger partial charge on any atom is -0.492 e. The summed E-state index contributed by atoms with van der Waals surface area (Å²) in [6.07, 6.45) is -4.79. The third-order valence-corrected chi connectivity index (χ3v) is 2.14. The SMILES string of the molecule is CCOc1ccccc1NCCCC(F)(F)F. The number of hydrogen-bond acceptors (Lipinski definition) is 2. The van der Waals surface area contributed by atoms with Gasteiger partial charge in [-0.05, 0) is 25.5 Å². The second-order valence-corrected chi connectivity index (χ2v) is 3.57. The molecule has 2 nitrogen and oxygen atoms in total. The van der Waals surface area contributed by atoms with Crippen LogP contribution in [0, 0.1) is 0 Å². The van der Waals surface area contributed by atoms with Crippen molar-refractivity contribution in [3.8, 4) is 5.75 Å². The molecule has 0 saturated heterocycles. The molecule has 0 atom stereocenters. The van der Waals surface area contributed by atoms with Gasteiger partial charge >= 0.3 is 6.18 Å².